The molecule has 0 fully saturated rings. The van der Waals surface area contributed by atoms with Gasteiger partial charge in [-0.15, -0.1) is 0 Å². The van der Waals surface area contributed by atoms with Crippen LogP contribution in [-0.4, -0.2) is 4.99 Å². The van der Waals surface area contributed by atoms with E-state index >= 15 is 0 Å². The standard InChI is InChI=1S/C21H18ClNOS/c22-19-11-9-16(10-12-19)14-23-21(25)18-7-4-8-20(13-18)24-15-17-5-2-1-3-6-17/h1-13H,14-15H2,(H,23,25). The molecule has 0 saturated carbocycles. The zero-order valence-corrected chi connectivity index (χ0v) is 15.2. The molecule has 3 rings (SSSR count). The molecule has 0 bridgehead atoms. The largest absolute Gasteiger partial charge is 0.489 e. The predicted molar refractivity (Wildman–Crippen MR) is 107 cm³/mol. The highest BCUT2D eigenvalue weighted by molar-refractivity contribution is 7.80. The lowest BCUT2D eigenvalue weighted by molar-refractivity contribution is 0.306. The summed E-state index contributed by atoms with van der Waals surface area (Å²) < 4.78 is 5.86. The van der Waals surface area contributed by atoms with Gasteiger partial charge in [-0.1, -0.05) is 78.4 Å². The molecule has 3 aromatic rings. The first-order valence-electron chi connectivity index (χ1n) is 8.00. The molecule has 0 atom stereocenters. The fraction of sp³-hybridized carbons (Fsp3) is 0.0952. The first kappa shape index (κ1) is 17.5. The van der Waals surface area contributed by atoms with Gasteiger partial charge in [-0.2, -0.15) is 0 Å². The quantitative estimate of drug-likeness (QED) is 0.590. The van der Waals surface area contributed by atoms with Gasteiger partial charge in [0.15, 0.2) is 0 Å². The molecule has 0 saturated heterocycles. The molecule has 3 aromatic carbocycles. The van der Waals surface area contributed by atoms with Crippen molar-refractivity contribution in [1.82, 2.24) is 5.32 Å². The highest BCUT2D eigenvalue weighted by atomic mass is 35.5. The molecule has 2 nitrogen and oxygen atoms in total. The Balaban J connectivity index is 1.58. The van der Waals surface area contributed by atoms with Gasteiger partial charge in [0.25, 0.3) is 0 Å². The summed E-state index contributed by atoms with van der Waals surface area (Å²) in [5.74, 6) is 0.803. The van der Waals surface area contributed by atoms with Crippen LogP contribution in [0.5, 0.6) is 5.75 Å². The van der Waals surface area contributed by atoms with Crippen LogP contribution in [0.1, 0.15) is 16.7 Å². The van der Waals surface area contributed by atoms with Crippen LogP contribution in [0.25, 0.3) is 0 Å². The fourth-order valence-corrected chi connectivity index (χ4v) is 2.68. The number of rotatable bonds is 6. The molecular weight excluding hydrogens is 350 g/mol. The van der Waals surface area contributed by atoms with Gasteiger partial charge in [0.1, 0.15) is 17.3 Å². The van der Waals surface area contributed by atoms with Crippen molar-refractivity contribution in [2.75, 3.05) is 0 Å². The Morgan fingerprint density at radius 1 is 0.880 bits per heavy atom. The van der Waals surface area contributed by atoms with Crippen molar-refractivity contribution in [3.05, 3.63) is 101 Å². The van der Waals surface area contributed by atoms with E-state index in [1.807, 2.05) is 78.9 Å². The second-order valence-electron chi connectivity index (χ2n) is 5.61. The summed E-state index contributed by atoms with van der Waals surface area (Å²) in [5.41, 5.74) is 3.20. The molecule has 0 amide bonds. The molecule has 0 aliphatic carbocycles. The van der Waals surface area contributed by atoms with Crippen LogP contribution in [0.15, 0.2) is 78.9 Å². The van der Waals surface area contributed by atoms with Crippen LogP contribution in [0.4, 0.5) is 0 Å². The molecule has 0 aliphatic heterocycles. The third-order valence-electron chi connectivity index (χ3n) is 3.71. The topological polar surface area (TPSA) is 21.3 Å². The first-order valence-corrected chi connectivity index (χ1v) is 8.79. The number of ether oxygens (including phenoxy) is 1. The summed E-state index contributed by atoms with van der Waals surface area (Å²) in [7, 11) is 0. The molecule has 0 aromatic heterocycles. The van der Waals surface area contributed by atoms with E-state index in [1.54, 1.807) is 0 Å². The van der Waals surface area contributed by atoms with Crippen LogP contribution in [0.3, 0.4) is 0 Å². The molecule has 0 heterocycles. The highest BCUT2D eigenvalue weighted by Gasteiger charge is 2.04. The third kappa shape index (κ3) is 5.31. The van der Waals surface area contributed by atoms with E-state index in [-0.39, 0.29) is 0 Å². The summed E-state index contributed by atoms with van der Waals surface area (Å²) in [4.78, 5) is 0.695. The monoisotopic (exact) mass is 367 g/mol. The Morgan fingerprint density at radius 3 is 2.40 bits per heavy atom. The SMILES string of the molecule is S=C(NCc1ccc(Cl)cc1)c1cccc(OCc2ccccc2)c1. The summed E-state index contributed by atoms with van der Waals surface area (Å²) in [6, 6.07) is 25.6. The van der Waals surface area contributed by atoms with E-state index < -0.39 is 0 Å². The number of nitrogens with one attached hydrogen (secondary N) is 1. The van der Waals surface area contributed by atoms with E-state index in [0.717, 1.165) is 27.5 Å². The lowest BCUT2D eigenvalue weighted by Gasteiger charge is -2.11. The Kier molecular flexibility index (Phi) is 6.04. The molecule has 0 aliphatic rings. The smallest absolute Gasteiger partial charge is 0.120 e. The molecule has 25 heavy (non-hydrogen) atoms. The molecular formula is C21H18ClNOS. The van der Waals surface area contributed by atoms with Crippen molar-refractivity contribution in [3.63, 3.8) is 0 Å². The van der Waals surface area contributed by atoms with Crippen molar-refractivity contribution >= 4 is 28.8 Å². The normalized spacial score (nSPS) is 10.3. The zero-order chi connectivity index (χ0) is 17.5. The number of halogens is 1. The maximum Gasteiger partial charge on any atom is 0.120 e. The van der Waals surface area contributed by atoms with E-state index in [0.29, 0.717) is 18.1 Å². The minimum atomic E-state index is 0.537. The summed E-state index contributed by atoms with van der Waals surface area (Å²) >= 11 is 11.4. The van der Waals surface area contributed by atoms with E-state index in [4.69, 9.17) is 28.6 Å². The Morgan fingerprint density at radius 2 is 1.64 bits per heavy atom. The second kappa shape index (κ2) is 8.65. The summed E-state index contributed by atoms with van der Waals surface area (Å²) in [6.07, 6.45) is 0. The molecule has 1 N–H and O–H groups in total. The van der Waals surface area contributed by atoms with Crippen molar-refractivity contribution in [3.8, 4) is 5.75 Å². The lowest BCUT2D eigenvalue weighted by Crippen LogP contribution is -2.21. The van der Waals surface area contributed by atoms with Gasteiger partial charge in [0.05, 0.1) is 0 Å². The Labute approximate surface area is 158 Å². The average molecular weight is 368 g/mol. The van der Waals surface area contributed by atoms with Crippen LogP contribution in [0.2, 0.25) is 5.02 Å². The number of hydrogen-bond donors (Lipinski definition) is 1. The zero-order valence-electron chi connectivity index (χ0n) is 13.6. The van der Waals surface area contributed by atoms with Crippen LogP contribution in [-0.2, 0) is 13.2 Å². The van der Waals surface area contributed by atoms with Gasteiger partial charge in [0, 0.05) is 17.1 Å². The van der Waals surface area contributed by atoms with Crippen molar-refractivity contribution in [2.24, 2.45) is 0 Å². The van der Waals surface area contributed by atoms with E-state index in [1.165, 1.54) is 0 Å². The molecule has 0 spiro atoms. The van der Waals surface area contributed by atoms with Crippen molar-refractivity contribution < 1.29 is 4.74 Å². The fourth-order valence-electron chi connectivity index (χ4n) is 2.35. The minimum Gasteiger partial charge on any atom is -0.489 e. The second-order valence-corrected chi connectivity index (χ2v) is 6.46. The van der Waals surface area contributed by atoms with Gasteiger partial charge in [-0.05, 0) is 35.4 Å². The predicted octanol–water partition coefficient (Wildman–Crippen LogP) is 5.38. The first-order chi connectivity index (χ1) is 12.2. The molecule has 0 unspecified atom stereocenters. The van der Waals surface area contributed by atoms with E-state index in [9.17, 15) is 0 Å². The highest BCUT2D eigenvalue weighted by Crippen LogP contribution is 2.16. The maximum absolute atomic E-state index is 5.90. The summed E-state index contributed by atoms with van der Waals surface area (Å²) in [6.45, 7) is 1.19. The molecule has 126 valence electrons. The maximum atomic E-state index is 5.90. The van der Waals surface area contributed by atoms with Crippen LogP contribution < -0.4 is 10.1 Å². The van der Waals surface area contributed by atoms with Crippen LogP contribution in [0, 0.1) is 0 Å². The number of benzene rings is 3. The number of thiocarbonyl (C=S) groups is 1. The van der Waals surface area contributed by atoms with Crippen molar-refractivity contribution in [2.45, 2.75) is 13.2 Å². The lowest BCUT2D eigenvalue weighted by atomic mass is 10.2. The minimum absolute atomic E-state index is 0.537. The number of hydrogen-bond acceptors (Lipinski definition) is 2. The Hall–Kier alpha value is -2.36. The Bertz CT molecular complexity index is 834. The summed E-state index contributed by atoms with van der Waals surface area (Å²) in [5, 5.41) is 4.00. The van der Waals surface area contributed by atoms with Gasteiger partial charge in [-0.3, -0.25) is 0 Å². The molecule has 0 radical (unpaired) electrons. The van der Waals surface area contributed by atoms with E-state index in [2.05, 4.69) is 5.32 Å². The molecule has 4 heteroatoms. The third-order valence-corrected chi connectivity index (χ3v) is 4.34. The van der Waals surface area contributed by atoms with Gasteiger partial charge in [-0.25, -0.2) is 0 Å². The van der Waals surface area contributed by atoms with Crippen molar-refractivity contribution in [1.29, 1.82) is 0 Å². The van der Waals surface area contributed by atoms with Crippen LogP contribution >= 0.6 is 23.8 Å². The van der Waals surface area contributed by atoms with Gasteiger partial charge in [0.2, 0.25) is 0 Å². The van der Waals surface area contributed by atoms with Gasteiger partial charge < -0.3 is 10.1 Å². The van der Waals surface area contributed by atoms with Gasteiger partial charge >= 0.3 is 0 Å². The average Bonchev–Trinajstić information content (AvgIpc) is 2.67.